The van der Waals surface area contributed by atoms with Gasteiger partial charge in [0.1, 0.15) is 10.7 Å². The van der Waals surface area contributed by atoms with E-state index in [1.54, 1.807) is 24.3 Å². The minimum atomic E-state index is -0.433. The zero-order valence-corrected chi connectivity index (χ0v) is 14.5. The number of aromatic nitrogens is 4. The molecule has 0 saturated carbocycles. The molecule has 3 heterocycles. The van der Waals surface area contributed by atoms with E-state index < -0.39 is 11.1 Å². The van der Waals surface area contributed by atoms with Gasteiger partial charge in [-0.3, -0.25) is 9.59 Å². The van der Waals surface area contributed by atoms with Crippen LogP contribution in [-0.2, 0) is 0 Å². The molecule has 0 amide bonds. The number of rotatable bonds is 3. The first kappa shape index (κ1) is 16.6. The highest BCUT2D eigenvalue weighted by atomic mass is 16.7. The molecule has 2 aromatic heterocycles. The van der Waals surface area contributed by atoms with Gasteiger partial charge >= 0.3 is 0 Å². The minimum absolute atomic E-state index is 0.109. The second-order valence-corrected chi connectivity index (χ2v) is 6.08. The first-order chi connectivity index (χ1) is 13.0. The first-order valence-corrected chi connectivity index (χ1v) is 8.16. The first-order valence-electron chi connectivity index (χ1n) is 8.16. The molecule has 3 aromatic rings. The lowest BCUT2D eigenvalue weighted by molar-refractivity contribution is 0.174. The van der Waals surface area contributed by atoms with Crippen LogP contribution in [0.1, 0.15) is 23.9 Å². The Kier molecular flexibility index (Phi) is 4.00. The van der Waals surface area contributed by atoms with E-state index in [1.807, 2.05) is 6.92 Å². The van der Waals surface area contributed by atoms with Crippen molar-refractivity contribution >= 4 is 17.7 Å². The van der Waals surface area contributed by atoms with Gasteiger partial charge in [0.25, 0.3) is 11.1 Å². The smallest absolute Gasteiger partial charge is 0.272 e. The van der Waals surface area contributed by atoms with Crippen LogP contribution in [0.5, 0.6) is 11.5 Å². The van der Waals surface area contributed by atoms with Gasteiger partial charge < -0.3 is 24.4 Å². The van der Waals surface area contributed by atoms with Crippen LogP contribution in [0.3, 0.4) is 0 Å². The minimum Gasteiger partial charge on any atom is -0.454 e. The van der Waals surface area contributed by atoms with E-state index >= 15 is 0 Å². The number of imidazole rings is 1. The number of H-pyrrole nitrogens is 3. The van der Waals surface area contributed by atoms with E-state index in [-0.39, 0.29) is 17.5 Å². The summed E-state index contributed by atoms with van der Waals surface area (Å²) in [5.74, 6) is 1.24. The second kappa shape index (κ2) is 6.49. The standard InChI is InChI=1S/C19H16N4O4/c1-10(2)17-12(20-8-21-17)7-14-19(25)22-13(18(24)23-14)5-11-3-4-15-16(6-11)27-9-26-15/h3-8H,1,9H2,2H3,(H,20,21)(H,22,25)(H,23,24)/b13-5-,14-7-. The Morgan fingerprint density at radius 2 is 1.81 bits per heavy atom. The summed E-state index contributed by atoms with van der Waals surface area (Å²) >= 11 is 0. The molecule has 3 N–H and O–H groups in total. The van der Waals surface area contributed by atoms with Gasteiger partial charge in [-0.15, -0.1) is 0 Å². The quantitative estimate of drug-likeness (QED) is 0.615. The monoisotopic (exact) mass is 364 g/mol. The fourth-order valence-corrected chi connectivity index (χ4v) is 2.76. The summed E-state index contributed by atoms with van der Waals surface area (Å²) in [6.45, 7) is 5.84. The molecule has 0 unspecified atom stereocenters. The third kappa shape index (κ3) is 3.20. The molecule has 136 valence electrons. The van der Waals surface area contributed by atoms with Gasteiger partial charge in [-0.1, -0.05) is 12.6 Å². The van der Waals surface area contributed by atoms with Crippen LogP contribution >= 0.6 is 0 Å². The summed E-state index contributed by atoms with van der Waals surface area (Å²) in [7, 11) is 0. The highest BCUT2D eigenvalue weighted by molar-refractivity contribution is 5.66. The SMILES string of the molecule is C=C(C)c1[nH]cnc1/C=c1\[nH]c(=O)/c(=C/c2ccc3c(c2)OCO3)[nH]c1=O. The predicted molar refractivity (Wildman–Crippen MR) is 99.9 cm³/mol. The Morgan fingerprint density at radius 3 is 2.56 bits per heavy atom. The summed E-state index contributed by atoms with van der Waals surface area (Å²) in [4.78, 5) is 37.1. The molecule has 27 heavy (non-hydrogen) atoms. The van der Waals surface area contributed by atoms with Crippen molar-refractivity contribution in [3.8, 4) is 11.5 Å². The maximum Gasteiger partial charge on any atom is 0.272 e. The fourth-order valence-electron chi connectivity index (χ4n) is 2.76. The molecule has 0 spiro atoms. The lowest BCUT2D eigenvalue weighted by Crippen LogP contribution is -2.46. The molecule has 8 heteroatoms. The number of fused-ring (bicyclic) bond motifs is 1. The van der Waals surface area contributed by atoms with Gasteiger partial charge in [-0.05, 0) is 42.3 Å². The number of nitrogens with zero attached hydrogens (tertiary/aromatic N) is 1. The van der Waals surface area contributed by atoms with Gasteiger partial charge in [0.2, 0.25) is 6.79 Å². The molecule has 8 nitrogen and oxygen atoms in total. The van der Waals surface area contributed by atoms with Crippen LogP contribution in [0.25, 0.3) is 17.7 Å². The van der Waals surface area contributed by atoms with Crippen LogP contribution in [0, 0.1) is 0 Å². The molecule has 0 fully saturated rings. The van der Waals surface area contributed by atoms with E-state index in [0.29, 0.717) is 28.5 Å². The Hall–Kier alpha value is -3.81. The third-order valence-electron chi connectivity index (χ3n) is 4.07. The second-order valence-electron chi connectivity index (χ2n) is 6.08. The van der Waals surface area contributed by atoms with Gasteiger partial charge in [0, 0.05) is 0 Å². The van der Waals surface area contributed by atoms with Gasteiger partial charge in [0.05, 0.1) is 17.7 Å². The lowest BCUT2D eigenvalue weighted by atomic mass is 10.2. The number of nitrogens with one attached hydrogen (secondary N) is 3. The Morgan fingerprint density at radius 1 is 1.11 bits per heavy atom. The summed E-state index contributed by atoms with van der Waals surface area (Å²) in [5, 5.41) is 0.246. The van der Waals surface area contributed by atoms with Crippen molar-refractivity contribution in [2.75, 3.05) is 6.79 Å². The highest BCUT2D eigenvalue weighted by Crippen LogP contribution is 2.32. The van der Waals surface area contributed by atoms with Crippen molar-refractivity contribution in [1.82, 2.24) is 19.9 Å². The largest absolute Gasteiger partial charge is 0.454 e. The van der Waals surface area contributed by atoms with Gasteiger partial charge in [-0.25, -0.2) is 4.98 Å². The third-order valence-corrected chi connectivity index (χ3v) is 4.07. The predicted octanol–water partition coefficient (Wildman–Crippen LogP) is 0.206. The molecular formula is C19H16N4O4. The van der Waals surface area contributed by atoms with Crippen LogP contribution in [0.15, 0.2) is 40.7 Å². The number of ether oxygens (including phenoxy) is 2. The molecule has 0 aliphatic carbocycles. The molecule has 0 radical (unpaired) electrons. The Bertz CT molecular complexity index is 1280. The number of hydrogen-bond acceptors (Lipinski definition) is 5. The molecule has 4 rings (SSSR count). The highest BCUT2D eigenvalue weighted by Gasteiger charge is 2.12. The van der Waals surface area contributed by atoms with Crippen LogP contribution < -0.4 is 31.3 Å². The van der Waals surface area contributed by atoms with Crippen molar-refractivity contribution < 1.29 is 9.47 Å². The summed E-state index contributed by atoms with van der Waals surface area (Å²) in [5.41, 5.74) is 1.84. The van der Waals surface area contributed by atoms with E-state index in [1.165, 1.54) is 12.4 Å². The average Bonchev–Trinajstić information content (AvgIpc) is 3.27. The fraction of sp³-hybridized carbons (Fsp3) is 0.105. The summed E-state index contributed by atoms with van der Waals surface area (Å²) in [6, 6.07) is 5.26. The van der Waals surface area contributed by atoms with E-state index in [2.05, 4.69) is 26.5 Å². The van der Waals surface area contributed by atoms with Crippen LogP contribution in [-0.4, -0.2) is 26.7 Å². The Labute approximate surface area is 152 Å². The molecule has 1 aromatic carbocycles. The van der Waals surface area contributed by atoms with Crippen molar-refractivity contribution in [1.29, 1.82) is 0 Å². The summed E-state index contributed by atoms with van der Waals surface area (Å²) in [6.07, 6.45) is 4.58. The van der Waals surface area contributed by atoms with E-state index in [0.717, 1.165) is 5.57 Å². The van der Waals surface area contributed by atoms with Crippen molar-refractivity contribution in [2.24, 2.45) is 0 Å². The molecular weight excluding hydrogens is 348 g/mol. The van der Waals surface area contributed by atoms with Gasteiger partial charge in [0.15, 0.2) is 11.5 Å². The average molecular weight is 364 g/mol. The normalized spacial score (nSPS) is 14.0. The molecule has 1 aliphatic heterocycles. The zero-order valence-electron chi connectivity index (χ0n) is 14.5. The van der Waals surface area contributed by atoms with Crippen LogP contribution in [0.2, 0.25) is 0 Å². The molecule has 0 bridgehead atoms. The number of hydrogen-bond donors (Lipinski definition) is 3. The number of aromatic amines is 3. The molecule has 1 aliphatic rings. The van der Waals surface area contributed by atoms with E-state index in [4.69, 9.17) is 9.47 Å². The Balaban J connectivity index is 1.80. The maximum absolute atomic E-state index is 12.4. The van der Waals surface area contributed by atoms with Crippen molar-refractivity contribution in [3.05, 3.63) is 79.5 Å². The molecule has 0 saturated heterocycles. The zero-order chi connectivity index (χ0) is 19.0. The topological polar surface area (TPSA) is 113 Å². The van der Waals surface area contributed by atoms with Crippen molar-refractivity contribution in [3.63, 3.8) is 0 Å². The number of benzene rings is 1. The maximum atomic E-state index is 12.4. The van der Waals surface area contributed by atoms with Gasteiger partial charge in [-0.2, -0.15) is 0 Å². The molecule has 0 atom stereocenters. The lowest BCUT2D eigenvalue weighted by Gasteiger charge is -1.98. The van der Waals surface area contributed by atoms with Crippen molar-refractivity contribution in [2.45, 2.75) is 6.92 Å². The summed E-state index contributed by atoms with van der Waals surface area (Å²) < 4.78 is 10.6. The van der Waals surface area contributed by atoms with Crippen LogP contribution in [0.4, 0.5) is 0 Å². The number of allylic oxidation sites excluding steroid dienone is 1. The van der Waals surface area contributed by atoms with E-state index in [9.17, 15) is 9.59 Å².